The molecule has 2 unspecified atom stereocenters. The van der Waals surface area contributed by atoms with Crippen LogP contribution < -0.4 is 10.6 Å². The normalized spacial score (nSPS) is 12.6. The van der Waals surface area contributed by atoms with Crippen molar-refractivity contribution in [1.29, 1.82) is 0 Å². The summed E-state index contributed by atoms with van der Waals surface area (Å²) in [5.74, 6) is -2.40. The zero-order valence-electron chi connectivity index (χ0n) is 31.5. The van der Waals surface area contributed by atoms with Crippen molar-refractivity contribution in [3.05, 3.63) is 12.2 Å². The van der Waals surface area contributed by atoms with E-state index in [-0.39, 0.29) is 30.9 Å². The molecule has 49 heavy (non-hydrogen) atoms. The van der Waals surface area contributed by atoms with Crippen molar-refractivity contribution in [1.82, 2.24) is 10.6 Å². The second-order valence-corrected chi connectivity index (χ2v) is 13.7. The van der Waals surface area contributed by atoms with Gasteiger partial charge in [-0.05, 0) is 38.2 Å². The minimum atomic E-state index is -1.39. The Balaban J connectivity index is 3.86. The van der Waals surface area contributed by atoms with Gasteiger partial charge in [-0.25, -0.2) is 4.79 Å². The number of carbonyl (C=O) groups excluding carboxylic acids is 3. The van der Waals surface area contributed by atoms with Gasteiger partial charge < -0.3 is 25.6 Å². The second kappa shape index (κ2) is 35.4. The number of hydrogen-bond acceptors (Lipinski definition) is 6. The molecule has 0 saturated heterocycles. The van der Waals surface area contributed by atoms with Gasteiger partial charge in [-0.15, -0.1) is 0 Å². The van der Waals surface area contributed by atoms with Gasteiger partial charge in [0, 0.05) is 12.8 Å². The van der Waals surface area contributed by atoms with Crippen molar-refractivity contribution < 1.29 is 34.1 Å². The van der Waals surface area contributed by atoms with Crippen molar-refractivity contribution in [2.45, 2.75) is 206 Å². The maximum Gasteiger partial charge on any atom is 0.328 e. The van der Waals surface area contributed by atoms with E-state index in [4.69, 9.17) is 14.9 Å². The van der Waals surface area contributed by atoms with Crippen LogP contribution in [-0.4, -0.2) is 59.3 Å². The van der Waals surface area contributed by atoms with Crippen LogP contribution in [0.15, 0.2) is 12.2 Å². The zero-order chi connectivity index (χ0) is 36.2. The molecule has 286 valence electrons. The molecule has 0 spiro atoms. The van der Waals surface area contributed by atoms with E-state index in [0.29, 0.717) is 12.8 Å². The van der Waals surface area contributed by atoms with Crippen LogP contribution in [0.1, 0.15) is 194 Å². The molecule has 0 aliphatic heterocycles. The van der Waals surface area contributed by atoms with Gasteiger partial charge in [0.2, 0.25) is 11.8 Å². The molecule has 0 aromatic heterocycles. The number of hydrogen-bond donors (Lipinski definition) is 4. The summed E-state index contributed by atoms with van der Waals surface area (Å²) in [4.78, 5) is 47.1. The van der Waals surface area contributed by atoms with Crippen LogP contribution in [0.2, 0.25) is 0 Å². The zero-order valence-corrected chi connectivity index (χ0v) is 31.5. The monoisotopic (exact) mass is 695 g/mol. The van der Waals surface area contributed by atoms with Gasteiger partial charge in [-0.3, -0.25) is 14.4 Å². The third-order valence-corrected chi connectivity index (χ3v) is 8.98. The molecular formula is C40H74N2O7. The summed E-state index contributed by atoms with van der Waals surface area (Å²) in [5.41, 5.74) is 0. The number of carboxylic acids is 1. The lowest BCUT2D eigenvalue weighted by Gasteiger charge is -2.15. The Labute approximate surface area is 299 Å². The third kappa shape index (κ3) is 32.5. The van der Waals surface area contributed by atoms with Gasteiger partial charge in [-0.1, -0.05) is 155 Å². The molecule has 0 bridgehead atoms. The molecule has 4 N–H and O–H groups in total. The lowest BCUT2D eigenvalue weighted by Crippen LogP contribution is -2.47. The number of carbonyl (C=O) groups is 4. The van der Waals surface area contributed by atoms with Gasteiger partial charge in [-0.2, -0.15) is 0 Å². The maximum absolute atomic E-state index is 12.5. The van der Waals surface area contributed by atoms with Crippen LogP contribution in [0.4, 0.5) is 0 Å². The molecule has 0 aliphatic carbocycles. The van der Waals surface area contributed by atoms with Crippen LogP contribution in [-0.2, 0) is 23.9 Å². The maximum atomic E-state index is 12.5. The summed E-state index contributed by atoms with van der Waals surface area (Å²) in [5, 5.41) is 22.4. The standard InChI is InChI=1S/C40H74N2O7/c1-3-5-7-8-9-10-11-12-13-14-15-16-17-18-19-20-21-22-28-32-39(46)49-35(29-25-6-4-2)30-26-23-24-27-31-37(44)41-33-38(45)42-36(34-43)40(47)48/h25,29,35-36,43H,3-24,26-28,30-34H2,1-2H3,(H,41,44)(H,42,45)(H,47,48)/b29-25-. The first kappa shape index (κ1) is 46.6. The number of unbranched alkanes of at least 4 members (excludes halogenated alkanes) is 22. The molecule has 9 heteroatoms. The molecule has 0 rings (SSSR count). The summed E-state index contributed by atoms with van der Waals surface area (Å²) in [6.07, 6.45) is 35.9. The number of esters is 1. The van der Waals surface area contributed by atoms with E-state index in [0.717, 1.165) is 51.4 Å². The van der Waals surface area contributed by atoms with Crippen LogP contribution >= 0.6 is 0 Å². The van der Waals surface area contributed by atoms with Crippen molar-refractivity contribution in [3.63, 3.8) is 0 Å². The smallest absolute Gasteiger partial charge is 0.328 e. The largest absolute Gasteiger partial charge is 0.480 e. The first-order valence-corrected chi connectivity index (χ1v) is 20.1. The summed E-state index contributed by atoms with van der Waals surface area (Å²) < 4.78 is 5.80. The average Bonchev–Trinajstić information content (AvgIpc) is 3.08. The molecule has 2 atom stereocenters. The van der Waals surface area contributed by atoms with Crippen molar-refractivity contribution in [3.8, 4) is 0 Å². The quantitative estimate of drug-likeness (QED) is 0.0291. The summed E-state index contributed by atoms with van der Waals surface area (Å²) in [6, 6.07) is -1.39. The minimum Gasteiger partial charge on any atom is -0.480 e. The fraction of sp³-hybridized carbons (Fsp3) is 0.850. The van der Waals surface area contributed by atoms with E-state index in [1.165, 1.54) is 109 Å². The predicted octanol–water partition coefficient (Wildman–Crippen LogP) is 9.09. The van der Waals surface area contributed by atoms with E-state index < -0.39 is 24.5 Å². The van der Waals surface area contributed by atoms with E-state index in [2.05, 4.69) is 30.6 Å². The van der Waals surface area contributed by atoms with Crippen LogP contribution in [0.3, 0.4) is 0 Å². The van der Waals surface area contributed by atoms with Crippen LogP contribution in [0.5, 0.6) is 0 Å². The number of ether oxygens (including phenoxy) is 1. The van der Waals surface area contributed by atoms with Crippen molar-refractivity contribution in [2.24, 2.45) is 0 Å². The number of amides is 2. The highest BCUT2D eigenvalue weighted by atomic mass is 16.5. The highest BCUT2D eigenvalue weighted by molar-refractivity contribution is 5.87. The Morgan fingerprint density at radius 3 is 1.55 bits per heavy atom. The van der Waals surface area contributed by atoms with E-state index in [1.807, 2.05) is 6.08 Å². The fourth-order valence-corrected chi connectivity index (χ4v) is 5.87. The molecule has 0 saturated carbocycles. The Morgan fingerprint density at radius 2 is 1.08 bits per heavy atom. The summed E-state index contributed by atoms with van der Waals surface area (Å²) in [6.45, 7) is 3.34. The molecule has 0 fully saturated rings. The molecule has 0 aromatic rings. The molecule has 0 heterocycles. The van der Waals surface area contributed by atoms with Gasteiger partial charge in [0.15, 0.2) is 0 Å². The van der Waals surface area contributed by atoms with E-state index in [1.54, 1.807) is 0 Å². The Kier molecular flexibility index (Phi) is 33.7. The fourth-order valence-electron chi connectivity index (χ4n) is 5.87. The Bertz CT molecular complexity index is 848. The summed E-state index contributed by atoms with van der Waals surface area (Å²) in [7, 11) is 0. The van der Waals surface area contributed by atoms with Gasteiger partial charge in [0.25, 0.3) is 0 Å². The summed E-state index contributed by atoms with van der Waals surface area (Å²) >= 11 is 0. The predicted molar refractivity (Wildman–Crippen MR) is 199 cm³/mol. The molecular weight excluding hydrogens is 620 g/mol. The minimum absolute atomic E-state index is 0.118. The first-order valence-electron chi connectivity index (χ1n) is 20.1. The first-order chi connectivity index (χ1) is 23.8. The van der Waals surface area contributed by atoms with Crippen LogP contribution in [0.25, 0.3) is 0 Å². The highest BCUT2D eigenvalue weighted by Gasteiger charge is 2.18. The Hall–Kier alpha value is -2.42. The van der Waals surface area contributed by atoms with Crippen molar-refractivity contribution in [2.75, 3.05) is 13.2 Å². The number of aliphatic hydroxyl groups is 1. The second-order valence-electron chi connectivity index (χ2n) is 13.7. The number of allylic oxidation sites excluding steroid dienone is 1. The SMILES string of the molecule is CCC/C=C\C(CCCCCCC(=O)NCC(=O)NC(CO)C(=O)O)OC(=O)CCCCCCCCCCCCCCCCCCCCC. The van der Waals surface area contributed by atoms with Gasteiger partial charge in [0.05, 0.1) is 13.2 Å². The Morgan fingerprint density at radius 1 is 0.612 bits per heavy atom. The number of aliphatic carboxylic acids is 1. The topological polar surface area (TPSA) is 142 Å². The van der Waals surface area contributed by atoms with Crippen LogP contribution in [0, 0.1) is 0 Å². The van der Waals surface area contributed by atoms with Crippen molar-refractivity contribution >= 4 is 23.8 Å². The number of nitrogens with one attached hydrogen (secondary N) is 2. The van der Waals surface area contributed by atoms with E-state index in [9.17, 15) is 19.2 Å². The van der Waals surface area contributed by atoms with E-state index >= 15 is 0 Å². The van der Waals surface area contributed by atoms with Gasteiger partial charge >= 0.3 is 11.9 Å². The third-order valence-electron chi connectivity index (χ3n) is 8.98. The molecule has 2 amide bonds. The highest BCUT2D eigenvalue weighted by Crippen LogP contribution is 2.16. The lowest BCUT2D eigenvalue weighted by atomic mass is 10.0. The number of rotatable bonds is 36. The number of aliphatic hydroxyl groups excluding tert-OH is 1. The number of carboxylic acid groups (broad SMARTS) is 1. The lowest BCUT2D eigenvalue weighted by molar-refractivity contribution is -0.147. The molecule has 0 aromatic carbocycles. The average molecular weight is 695 g/mol. The molecule has 9 nitrogen and oxygen atoms in total. The molecule has 0 radical (unpaired) electrons. The molecule has 0 aliphatic rings. The van der Waals surface area contributed by atoms with Gasteiger partial charge in [0.1, 0.15) is 12.1 Å².